The van der Waals surface area contributed by atoms with E-state index in [2.05, 4.69) is 37.9 Å². The molecule has 1 aromatic rings. The standard InChI is InChI=1S/C14H21FN2/c1-13(2)9-16-10-14(3,4)17(13)12-7-5-6-11(15)8-12/h5-8,16H,9-10H2,1-4H3. The number of piperazine rings is 1. The second kappa shape index (κ2) is 3.98. The van der Waals surface area contributed by atoms with Crippen LogP contribution in [0.4, 0.5) is 10.1 Å². The molecule has 1 aliphatic heterocycles. The van der Waals surface area contributed by atoms with Crippen molar-refractivity contribution in [3.05, 3.63) is 30.1 Å². The van der Waals surface area contributed by atoms with Gasteiger partial charge in [0.05, 0.1) is 0 Å². The topological polar surface area (TPSA) is 15.3 Å². The zero-order chi connectivity index (χ0) is 12.7. The first-order chi connectivity index (χ1) is 7.83. The summed E-state index contributed by atoms with van der Waals surface area (Å²) in [5, 5.41) is 3.44. The minimum absolute atomic E-state index is 0.0183. The Morgan fingerprint density at radius 3 is 2.24 bits per heavy atom. The van der Waals surface area contributed by atoms with Crippen molar-refractivity contribution in [1.29, 1.82) is 0 Å². The second-order valence-corrected chi connectivity index (χ2v) is 6.04. The molecule has 1 saturated heterocycles. The van der Waals surface area contributed by atoms with Crippen molar-refractivity contribution in [3.8, 4) is 0 Å². The van der Waals surface area contributed by atoms with Crippen LogP contribution in [0.2, 0.25) is 0 Å². The highest BCUT2D eigenvalue weighted by Crippen LogP contribution is 2.34. The fourth-order valence-corrected chi connectivity index (χ4v) is 2.97. The van der Waals surface area contributed by atoms with Gasteiger partial charge in [-0.05, 0) is 45.9 Å². The maximum Gasteiger partial charge on any atom is 0.125 e. The van der Waals surface area contributed by atoms with E-state index in [0.29, 0.717) is 0 Å². The van der Waals surface area contributed by atoms with E-state index in [1.807, 2.05) is 6.07 Å². The molecular formula is C14H21FN2. The lowest BCUT2D eigenvalue weighted by molar-refractivity contribution is 0.263. The molecule has 0 spiro atoms. The molecule has 0 aliphatic carbocycles. The van der Waals surface area contributed by atoms with Crippen molar-refractivity contribution in [3.63, 3.8) is 0 Å². The molecule has 1 aromatic carbocycles. The van der Waals surface area contributed by atoms with Crippen LogP contribution in [0.1, 0.15) is 27.7 Å². The van der Waals surface area contributed by atoms with E-state index in [0.717, 1.165) is 18.8 Å². The highest BCUT2D eigenvalue weighted by atomic mass is 19.1. The van der Waals surface area contributed by atoms with Crippen LogP contribution in [0.25, 0.3) is 0 Å². The van der Waals surface area contributed by atoms with Crippen molar-refractivity contribution >= 4 is 5.69 Å². The van der Waals surface area contributed by atoms with Gasteiger partial charge < -0.3 is 10.2 Å². The summed E-state index contributed by atoms with van der Waals surface area (Å²) in [4.78, 5) is 2.32. The third kappa shape index (κ3) is 2.29. The minimum atomic E-state index is -0.173. The van der Waals surface area contributed by atoms with Gasteiger partial charge in [-0.25, -0.2) is 4.39 Å². The quantitative estimate of drug-likeness (QED) is 0.806. The SMILES string of the molecule is CC1(C)CNCC(C)(C)N1c1cccc(F)c1. The molecule has 17 heavy (non-hydrogen) atoms. The van der Waals surface area contributed by atoms with Gasteiger partial charge in [0.15, 0.2) is 0 Å². The van der Waals surface area contributed by atoms with E-state index in [1.165, 1.54) is 6.07 Å². The van der Waals surface area contributed by atoms with E-state index in [4.69, 9.17) is 0 Å². The molecule has 1 N–H and O–H groups in total. The monoisotopic (exact) mass is 236 g/mol. The number of hydrogen-bond acceptors (Lipinski definition) is 2. The Balaban J connectivity index is 2.45. The molecule has 0 radical (unpaired) electrons. The normalized spacial score (nSPS) is 22.5. The van der Waals surface area contributed by atoms with Crippen LogP contribution in [-0.4, -0.2) is 24.2 Å². The Bertz CT molecular complexity index is 396. The molecule has 2 rings (SSSR count). The van der Waals surface area contributed by atoms with Gasteiger partial charge in [0.2, 0.25) is 0 Å². The molecular weight excluding hydrogens is 215 g/mol. The van der Waals surface area contributed by atoms with E-state index < -0.39 is 0 Å². The summed E-state index contributed by atoms with van der Waals surface area (Å²) >= 11 is 0. The Labute approximate surface area is 103 Å². The second-order valence-electron chi connectivity index (χ2n) is 6.04. The summed E-state index contributed by atoms with van der Waals surface area (Å²) in [7, 11) is 0. The maximum absolute atomic E-state index is 13.4. The van der Waals surface area contributed by atoms with Crippen molar-refractivity contribution < 1.29 is 4.39 Å². The predicted molar refractivity (Wildman–Crippen MR) is 69.9 cm³/mol. The van der Waals surface area contributed by atoms with E-state index in [9.17, 15) is 4.39 Å². The maximum atomic E-state index is 13.4. The first kappa shape index (κ1) is 12.4. The summed E-state index contributed by atoms with van der Waals surface area (Å²) in [6, 6.07) is 6.87. The summed E-state index contributed by atoms with van der Waals surface area (Å²) in [6.07, 6.45) is 0. The van der Waals surface area contributed by atoms with Gasteiger partial charge in [0.1, 0.15) is 5.82 Å². The lowest BCUT2D eigenvalue weighted by atomic mass is 9.88. The summed E-state index contributed by atoms with van der Waals surface area (Å²) in [5.41, 5.74) is 0.923. The van der Waals surface area contributed by atoms with Crippen molar-refractivity contribution in [1.82, 2.24) is 5.32 Å². The zero-order valence-electron chi connectivity index (χ0n) is 11.0. The van der Waals surface area contributed by atoms with Gasteiger partial charge >= 0.3 is 0 Å². The molecule has 1 heterocycles. The third-order valence-corrected chi connectivity index (χ3v) is 3.39. The van der Waals surface area contributed by atoms with Gasteiger partial charge in [-0.1, -0.05) is 6.07 Å². The predicted octanol–water partition coefficient (Wildman–Crippen LogP) is 2.79. The molecule has 0 atom stereocenters. The van der Waals surface area contributed by atoms with Crippen molar-refractivity contribution in [2.45, 2.75) is 38.8 Å². The number of benzene rings is 1. The Hall–Kier alpha value is -1.09. The summed E-state index contributed by atoms with van der Waals surface area (Å²) in [5.74, 6) is -0.173. The van der Waals surface area contributed by atoms with Crippen LogP contribution in [0.15, 0.2) is 24.3 Å². The number of rotatable bonds is 1. The van der Waals surface area contributed by atoms with Crippen LogP contribution in [0, 0.1) is 5.82 Å². The van der Waals surface area contributed by atoms with Gasteiger partial charge in [-0.15, -0.1) is 0 Å². The first-order valence-electron chi connectivity index (χ1n) is 6.10. The lowest BCUT2D eigenvalue weighted by Gasteiger charge is -2.54. The van der Waals surface area contributed by atoms with Crippen LogP contribution in [-0.2, 0) is 0 Å². The van der Waals surface area contributed by atoms with Crippen LogP contribution in [0.3, 0.4) is 0 Å². The zero-order valence-corrected chi connectivity index (χ0v) is 11.0. The molecule has 1 fully saturated rings. The highest BCUT2D eigenvalue weighted by molar-refractivity contribution is 5.52. The van der Waals surface area contributed by atoms with Gasteiger partial charge in [0.25, 0.3) is 0 Å². The smallest absolute Gasteiger partial charge is 0.125 e. The summed E-state index contributed by atoms with van der Waals surface area (Å²) < 4.78 is 13.4. The molecule has 1 aliphatic rings. The largest absolute Gasteiger partial charge is 0.359 e. The molecule has 3 heteroatoms. The molecule has 0 amide bonds. The number of halogens is 1. The fourth-order valence-electron chi connectivity index (χ4n) is 2.97. The van der Waals surface area contributed by atoms with E-state index >= 15 is 0 Å². The average Bonchev–Trinajstić information content (AvgIpc) is 2.14. The van der Waals surface area contributed by atoms with Crippen molar-refractivity contribution in [2.75, 3.05) is 18.0 Å². The lowest BCUT2D eigenvalue weighted by Crippen LogP contribution is -2.68. The Morgan fingerprint density at radius 2 is 1.71 bits per heavy atom. The molecule has 94 valence electrons. The molecule has 0 saturated carbocycles. The van der Waals surface area contributed by atoms with Crippen LogP contribution in [0.5, 0.6) is 0 Å². The number of nitrogens with zero attached hydrogens (tertiary/aromatic N) is 1. The number of anilines is 1. The van der Waals surface area contributed by atoms with Gasteiger partial charge in [-0.3, -0.25) is 0 Å². The average molecular weight is 236 g/mol. The summed E-state index contributed by atoms with van der Waals surface area (Å²) in [6.45, 7) is 10.6. The van der Waals surface area contributed by atoms with Crippen LogP contribution < -0.4 is 10.2 Å². The van der Waals surface area contributed by atoms with Gasteiger partial charge in [0, 0.05) is 29.9 Å². The Kier molecular flexibility index (Phi) is 2.90. The first-order valence-corrected chi connectivity index (χ1v) is 6.10. The molecule has 0 unspecified atom stereocenters. The molecule has 0 bridgehead atoms. The Morgan fingerprint density at radius 1 is 1.12 bits per heavy atom. The molecule has 2 nitrogen and oxygen atoms in total. The number of nitrogens with one attached hydrogen (secondary N) is 1. The number of hydrogen-bond donors (Lipinski definition) is 1. The highest BCUT2D eigenvalue weighted by Gasteiger charge is 2.41. The van der Waals surface area contributed by atoms with E-state index in [1.54, 1.807) is 12.1 Å². The van der Waals surface area contributed by atoms with E-state index in [-0.39, 0.29) is 16.9 Å². The third-order valence-electron chi connectivity index (χ3n) is 3.39. The van der Waals surface area contributed by atoms with Gasteiger partial charge in [-0.2, -0.15) is 0 Å². The van der Waals surface area contributed by atoms with Crippen molar-refractivity contribution in [2.24, 2.45) is 0 Å². The fraction of sp³-hybridized carbons (Fsp3) is 0.571. The minimum Gasteiger partial charge on any atom is -0.359 e. The molecule has 0 aromatic heterocycles. The van der Waals surface area contributed by atoms with Crippen LogP contribution >= 0.6 is 0 Å².